The van der Waals surface area contributed by atoms with Crippen molar-refractivity contribution in [2.45, 2.75) is 25.8 Å². The lowest BCUT2D eigenvalue weighted by Crippen LogP contribution is -2.45. The summed E-state index contributed by atoms with van der Waals surface area (Å²) < 4.78 is 5.43. The number of carbonyl (C=O) groups excluding carboxylic acids is 1. The number of rotatable bonds is 7. The standard InChI is InChI=1S/C20H31N3O2/c1-16-5-4-6-17(13-16)18(22(2)3)19(24)21-14-20(7-8-20)15-23-9-11-25-12-10-23/h4-6,13,18H,7-12,14-15H2,1-3H3,(H,21,24)/t18-/m0/s1. The molecule has 1 aromatic rings. The van der Waals surface area contributed by atoms with Gasteiger partial charge in [0.05, 0.1) is 13.2 Å². The quantitative estimate of drug-likeness (QED) is 0.819. The molecule has 5 nitrogen and oxygen atoms in total. The normalized spacial score (nSPS) is 21.1. The molecule has 1 aliphatic carbocycles. The maximum absolute atomic E-state index is 12.9. The van der Waals surface area contributed by atoms with E-state index in [1.54, 1.807) is 0 Å². The molecule has 1 heterocycles. The van der Waals surface area contributed by atoms with Crippen molar-refractivity contribution in [3.05, 3.63) is 35.4 Å². The smallest absolute Gasteiger partial charge is 0.241 e. The number of nitrogens with zero attached hydrogens (tertiary/aromatic N) is 2. The van der Waals surface area contributed by atoms with Crippen molar-refractivity contribution in [1.29, 1.82) is 0 Å². The Kier molecular flexibility index (Phi) is 5.77. The minimum absolute atomic E-state index is 0.101. The van der Waals surface area contributed by atoms with Crippen LogP contribution in [0, 0.1) is 12.3 Å². The van der Waals surface area contributed by atoms with Crippen LogP contribution in [0.25, 0.3) is 0 Å². The fourth-order valence-electron chi connectivity index (χ4n) is 3.70. The Labute approximate surface area is 151 Å². The Bertz CT molecular complexity index is 592. The maximum Gasteiger partial charge on any atom is 0.241 e. The number of ether oxygens (including phenoxy) is 1. The molecule has 0 radical (unpaired) electrons. The van der Waals surface area contributed by atoms with E-state index in [1.807, 2.05) is 31.1 Å². The van der Waals surface area contributed by atoms with Crippen LogP contribution in [-0.2, 0) is 9.53 Å². The Morgan fingerprint density at radius 3 is 2.64 bits per heavy atom. The van der Waals surface area contributed by atoms with Gasteiger partial charge in [-0.15, -0.1) is 0 Å². The van der Waals surface area contributed by atoms with E-state index in [0.29, 0.717) is 0 Å². The van der Waals surface area contributed by atoms with Gasteiger partial charge in [0.1, 0.15) is 6.04 Å². The van der Waals surface area contributed by atoms with Gasteiger partial charge < -0.3 is 10.1 Å². The van der Waals surface area contributed by atoms with E-state index in [-0.39, 0.29) is 17.4 Å². The molecule has 2 fully saturated rings. The summed E-state index contributed by atoms with van der Waals surface area (Å²) in [5.74, 6) is 0.101. The van der Waals surface area contributed by atoms with Crippen LogP contribution >= 0.6 is 0 Å². The summed E-state index contributed by atoms with van der Waals surface area (Å²) >= 11 is 0. The zero-order chi connectivity index (χ0) is 17.9. The van der Waals surface area contributed by atoms with Gasteiger partial charge in [0.2, 0.25) is 5.91 Å². The maximum atomic E-state index is 12.9. The summed E-state index contributed by atoms with van der Waals surface area (Å²) in [4.78, 5) is 17.3. The zero-order valence-corrected chi connectivity index (χ0v) is 15.8. The lowest BCUT2D eigenvalue weighted by atomic mass is 10.0. The topological polar surface area (TPSA) is 44.8 Å². The van der Waals surface area contributed by atoms with Gasteiger partial charge in [0.15, 0.2) is 0 Å². The van der Waals surface area contributed by atoms with E-state index in [9.17, 15) is 4.79 Å². The van der Waals surface area contributed by atoms with Crippen molar-refractivity contribution in [1.82, 2.24) is 15.1 Å². The first-order valence-electron chi connectivity index (χ1n) is 9.30. The highest BCUT2D eigenvalue weighted by Gasteiger charge is 2.44. The lowest BCUT2D eigenvalue weighted by molar-refractivity contribution is -0.126. The van der Waals surface area contributed by atoms with Crippen molar-refractivity contribution >= 4 is 5.91 Å². The third kappa shape index (κ3) is 4.81. The Balaban J connectivity index is 1.58. The average molecular weight is 345 g/mol. The highest BCUT2D eigenvalue weighted by atomic mass is 16.5. The van der Waals surface area contributed by atoms with Crippen LogP contribution in [0.3, 0.4) is 0 Å². The number of aryl methyl sites for hydroxylation is 1. The van der Waals surface area contributed by atoms with Gasteiger partial charge in [-0.2, -0.15) is 0 Å². The summed E-state index contributed by atoms with van der Waals surface area (Å²) in [5.41, 5.74) is 2.51. The number of likely N-dealkylation sites (N-methyl/N-ethyl adjacent to an activating group) is 1. The summed E-state index contributed by atoms with van der Waals surface area (Å²) in [6.45, 7) is 7.61. The van der Waals surface area contributed by atoms with Crippen LogP contribution in [0.4, 0.5) is 0 Å². The van der Waals surface area contributed by atoms with E-state index in [4.69, 9.17) is 4.74 Å². The number of carbonyl (C=O) groups is 1. The second kappa shape index (κ2) is 7.85. The molecule has 0 aromatic heterocycles. The lowest BCUT2D eigenvalue weighted by Gasteiger charge is -2.31. The highest BCUT2D eigenvalue weighted by Crippen LogP contribution is 2.45. The third-order valence-corrected chi connectivity index (χ3v) is 5.38. The molecule has 0 spiro atoms. The van der Waals surface area contributed by atoms with E-state index >= 15 is 0 Å². The summed E-state index contributed by atoms with van der Waals surface area (Å²) in [6.07, 6.45) is 2.42. The predicted octanol–water partition coefficient (Wildman–Crippen LogP) is 1.83. The molecule has 1 saturated carbocycles. The average Bonchev–Trinajstić information content (AvgIpc) is 3.34. The first-order valence-corrected chi connectivity index (χ1v) is 9.30. The number of benzene rings is 1. The fraction of sp³-hybridized carbons (Fsp3) is 0.650. The number of nitrogens with one attached hydrogen (secondary N) is 1. The fourth-order valence-corrected chi connectivity index (χ4v) is 3.70. The molecule has 2 aliphatic rings. The van der Waals surface area contributed by atoms with Crippen LogP contribution < -0.4 is 5.32 Å². The summed E-state index contributed by atoms with van der Waals surface area (Å²) in [7, 11) is 3.93. The van der Waals surface area contributed by atoms with Crippen LogP contribution in [0.1, 0.15) is 30.0 Å². The second-order valence-electron chi connectivity index (χ2n) is 7.89. The predicted molar refractivity (Wildman–Crippen MR) is 99.5 cm³/mol. The molecule has 3 rings (SSSR count). The molecular weight excluding hydrogens is 314 g/mol. The molecule has 1 aliphatic heterocycles. The van der Waals surface area contributed by atoms with Crippen LogP contribution in [0.2, 0.25) is 0 Å². The van der Waals surface area contributed by atoms with Crippen molar-refractivity contribution in [3.8, 4) is 0 Å². The minimum atomic E-state index is -0.237. The molecule has 1 amide bonds. The molecule has 138 valence electrons. The van der Waals surface area contributed by atoms with Gasteiger partial charge >= 0.3 is 0 Å². The molecule has 25 heavy (non-hydrogen) atoms. The van der Waals surface area contributed by atoms with Crippen molar-refractivity contribution in [3.63, 3.8) is 0 Å². The molecule has 0 bridgehead atoms. The first-order chi connectivity index (χ1) is 12.0. The number of hydrogen-bond donors (Lipinski definition) is 1. The number of amides is 1. The molecule has 0 unspecified atom stereocenters. The second-order valence-corrected chi connectivity index (χ2v) is 7.89. The SMILES string of the molecule is Cc1cccc([C@@H](C(=O)NCC2(CN3CCOCC3)CC2)N(C)C)c1. The first kappa shape index (κ1) is 18.4. The number of hydrogen-bond acceptors (Lipinski definition) is 4. The van der Waals surface area contributed by atoms with Gasteiger partial charge in [-0.3, -0.25) is 14.6 Å². The van der Waals surface area contributed by atoms with Gasteiger partial charge in [-0.25, -0.2) is 0 Å². The van der Waals surface area contributed by atoms with Gasteiger partial charge in [0, 0.05) is 31.6 Å². The van der Waals surface area contributed by atoms with Gasteiger partial charge in [-0.05, 0) is 39.4 Å². The van der Waals surface area contributed by atoms with Crippen LogP contribution in [0.5, 0.6) is 0 Å². The summed E-state index contributed by atoms with van der Waals surface area (Å²) in [6, 6.07) is 7.99. The monoisotopic (exact) mass is 345 g/mol. The molecule has 1 atom stereocenters. The van der Waals surface area contributed by atoms with Crippen molar-refractivity contribution in [2.24, 2.45) is 5.41 Å². The van der Waals surface area contributed by atoms with Gasteiger partial charge in [0.25, 0.3) is 0 Å². The van der Waals surface area contributed by atoms with Crippen molar-refractivity contribution < 1.29 is 9.53 Å². The molecular formula is C20H31N3O2. The van der Waals surface area contributed by atoms with Gasteiger partial charge in [-0.1, -0.05) is 29.8 Å². The minimum Gasteiger partial charge on any atom is -0.379 e. The highest BCUT2D eigenvalue weighted by molar-refractivity contribution is 5.83. The largest absolute Gasteiger partial charge is 0.379 e. The molecule has 1 N–H and O–H groups in total. The van der Waals surface area contributed by atoms with E-state index < -0.39 is 0 Å². The molecule has 1 saturated heterocycles. The number of morpholine rings is 1. The third-order valence-electron chi connectivity index (χ3n) is 5.38. The van der Waals surface area contributed by atoms with E-state index in [0.717, 1.165) is 45.0 Å². The van der Waals surface area contributed by atoms with E-state index in [2.05, 4.69) is 29.3 Å². The Hall–Kier alpha value is -1.43. The molecule has 5 heteroatoms. The van der Waals surface area contributed by atoms with Crippen molar-refractivity contribution in [2.75, 3.05) is 53.5 Å². The zero-order valence-electron chi connectivity index (χ0n) is 15.8. The summed E-state index contributed by atoms with van der Waals surface area (Å²) in [5, 5.41) is 3.24. The Morgan fingerprint density at radius 2 is 2.04 bits per heavy atom. The van der Waals surface area contributed by atoms with Crippen LogP contribution in [0.15, 0.2) is 24.3 Å². The van der Waals surface area contributed by atoms with Crippen LogP contribution in [-0.4, -0.2) is 69.2 Å². The molecule has 1 aromatic carbocycles. The van der Waals surface area contributed by atoms with E-state index in [1.165, 1.54) is 18.4 Å². The Morgan fingerprint density at radius 1 is 1.32 bits per heavy atom.